The summed E-state index contributed by atoms with van der Waals surface area (Å²) in [5.74, 6) is 0.905. The molecule has 122 valence electrons. The van der Waals surface area contributed by atoms with Crippen LogP contribution < -0.4 is 5.32 Å². The third-order valence-electron chi connectivity index (χ3n) is 5.04. The monoisotopic (exact) mass is 304 g/mol. The Hall–Kier alpha value is -1.10. The lowest BCUT2D eigenvalue weighted by atomic mass is 9.89. The van der Waals surface area contributed by atoms with Gasteiger partial charge in [0.15, 0.2) is 0 Å². The van der Waals surface area contributed by atoms with Gasteiger partial charge in [0.05, 0.1) is 12.4 Å². The predicted octanol–water partition coefficient (Wildman–Crippen LogP) is 2.65. The number of rotatable bonds is 5. The van der Waals surface area contributed by atoms with Gasteiger partial charge in [-0.3, -0.25) is 4.90 Å². The molecule has 1 aromatic heterocycles. The van der Waals surface area contributed by atoms with Crippen molar-refractivity contribution in [1.82, 2.24) is 10.2 Å². The van der Waals surface area contributed by atoms with Crippen molar-refractivity contribution >= 4 is 6.08 Å². The number of hydrogen-bond acceptors (Lipinski definition) is 4. The summed E-state index contributed by atoms with van der Waals surface area (Å²) in [5.41, 5.74) is 0. The summed E-state index contributed by atoms with van der Waals surface area (Å²) in [5, 5.41) is 13.8. The Morgan fingerprint density at radius 3 is 2.77 bits per heavy atom. The van der Waals surface area contributed by atoms with Crippen LogP contribution in [0, 0.1) is 0 Å². The van der Waals surface area contributed by atoms with Crippen molar-refractivity contribution in [2.75, 3.05) is 19.6 Å². The summed E-state index contributed by atoms with van der Waals surface area (Å²) in [4.78, 5) is 2.51. The van der Waals surface area contributed by atoms with E-state index in [1.807, 2.05) is 18.2 Å². The lowest BCUT2D eigenvalue weighted by Crippen LogP contribution is -2.51. The van der Waals surface area contributed by atoms with Gasteiger partial charge in [-0.05, 0) is 43.9 Å². The average molecular weight is 304 g/mol. The fourth-order valence-corrected chi connectivity index (χ4v) is 3.75. The van der Waals surface area contributed by atoms with E-state index in [0.29, 0.717) is 12.1 Å². The van der Waals surface area contributed by atoms with E-state index in [0.717, 1.165) is 31.8 Å². The molecule has 2 atom stereocenters. The maximum atomic E-state index is 10.2. The SMILES string of the molecule is OC1CCCCC1N1CCC(NC/C=C/c2ccco2)CC1. The summed E-state index contributed by atoms with van der Waals surface area (Å²) in [6.07, 6.45) is 12.7. The molecule has 0 spiro atoms. The van der Waals surface area contributed by atoms with Crippen LogP contribution >= 0.6 is 0 Å². The molecule has 1 aliphatic heterocycles. The minimum atomic E-state index is -0.102. The van der Waals surface area contributed by atoms with Gasteiger partial charge >= 0.3 is 0 Å². The highest BCUT2D eigenvalue weighted by Gasteiger charge is 2.31. The zero-order valence-electron chi connectivity index (χ0n) is 13.3. The smallest absolute Gasteiger partial charge is 0.126 e. The number of piperidine rings is 1. The molecule has 1 aromatic rings. The molecule has 4 nitrogen and oxygen atoms in total. The molecule has 2 fully saturated rings. The molecule has 2 aliphatic rings. The van der Waals surface area contributed by atoms with Gasteiger partial charge in [0, 0.05) is 31.7 Å². The molecule has 4 heteroatoms. The van der Waals surface area contributed by atoms with Crippen LogP contribution in [0.5, 0.6) is 0 Å². The second-order valence-electron chi connectivity index (χ2n) is 6.56. The third-order valence-corrected chi connectivity index (χ3v) is 5.04. The molecule has 0 radical (unpaired) electrons. The topological polar surface area (TPSA) is 48.6 Å². The quantitative estimate of drug-likeness (QED) is 0.878. The first-order chi connectivity index (χ1) is 10.8. The van der Waals surface area contributed by atoms with Crippen LogP contribution in [0.2, 0.25) is 0 Å². The first-order valence-corrected chi connectivity index (χ1v) is 8.68. The highest BCUT2D eigenvalue weighted by Crippen LogP contribution is 2.25. The second-order valence-corrected chi connectivity index (χ2v) is 6.56. The van der Waals surface area contributed by atoms with Gasteiger partial charge in [-0.1, -0.05) is 18.9 Å². The molecule has 1 saturated heterocycles. The van der Waals surface area contributed by atoms with E-state index in [1.54, 1.807) is 6.26 Å². The summed E-state index contributed by atoms with van der Waals surface area (Å²) in [6.45, 7) is 3.11. The summed E-state index contributed by atoms with van der Waals surface area (Å²) in [7, 11) is 0. The van der Waals surface area contributed by atoms with Crippen LogP contribution in [0.3, 0.4) is 0 Å². The number of aliphatic hydroxyl groups excluding tert-OH is 1. The Kier molecular flexibility index (Phi) is 5.70. The van der Waals surface area contributed by atoms with Crippen molar-refractivity contribution in [3.8, 4) is 0 Å². The maximum absolute atomic E-state index is 10.2. The van der Waals surface area contributed by atoms with Crippen LogP contribution in [0.15, 0.2) is 28.9 Å². The normalized spacial score (nSPS) is 28.4. The number of aliphatic hydroxyl groups is 1. The highest BCUT2D eigenvalue weighted by molar-refractivity contribution is 5.42. The molecule has 3 rings (SSSR count). The van der Waals surface area contributed by atoms with E-state index in [-0.39, 0.29) is 6.10 Å². The molecular weight excluding hydrogens is 276 g/mol. The van der Waals surface area contributed by atoms with Crippen molar-refractivity contribution < 1.29 is 9.52 Å². The van der Waals surface area contributed by atoms with Gasteiger partial charge < -0.3 is 14.8 Å². The van der Waals surface area contributed by atoms with Crippen LogP contribution in [0.4, 0.5) is 0 Å². The molecular formula is C18H28N2O2. The maximum Gasteiger partial charge on any atom is 0.126 e. The highest BCUT2D eigenvalue weighted by atomic mass is 16.3. The fourth-order valence-electron chi connectivity index (χ4n) is 3.75. The molecule has 22 heavy (non-hydrogen) atoms. The van der Waals surface area contributed by atoms with Crippen LogP contribution in [0.25, 0.3) is 6.08 Å². The number of hydrogen-bond donors (Lipinski definition) is 2. The van der Waals surface area contributed by atoms with Crippen molar-refractivity contribution in [1.29, 1.82) is 0 Å². The zero-order valence-corrected chi connectivity index (χ0v) is 13.3. The number of likely N-dealkylation sites (tertiary alicyclic amines) is 1. The van der Waals surface area contributed by atoms with E-state index in [4.69, 9.17) is 4.42 Å². The minimum Gasteiger partial charge on any atom is -0.465 e. The molecule has 2 N–H and O–H groups in total. The number of nitrogens with zero attached hydrogens (tertiary/aromatic N) is 1. The Labute approximate surface area is 133 Å². The van der Waals surface area contributed by atoms with Crippen LogP contribution in [0.1, 0.15) is 44.3 Å². The van der Waals surface area contributed by atoms with Crippen molar-refractivity contribution in [3.63, 3.8) is 0 Å². The first kappa shape index (κ1) is 15.8. The Bertz CT molecular complexity index is 450. The van der Waals surface area contributed by atoms with Crippen LogP contribution in [-0.4, -0.2) is 47.8 Å². The molecule has 0 bridgehead atoms. The van der Waals surface area contributed by atoms with Gasteiger partial charge in [0.25, 0.3) is 0 Å². The Morgan fingerprint density at radius 1 is 1.23 bits per heavy atom. The van der Waals surface area contributed by atoms with Gasteiger partial charge in [0.1, 0.15) is 5.76 Å². The van der Waals surface area contributed by atoms with Crippen LogP contribution in [-0.2, 0) is 0 Å². The molecule has 2 heterocycles. The molecule has 1 aliphatic carbocycles. The predicted molar refractivity (Wildman–Crippen MR) is 88.6 cm³/mol. The van der Waals surface area contributed by atoms with Gasteiger partial charge in [-0.15, -0.1) is 0 Å². The van der Waals surface area contributed by atoms with Crippen molar-refractivity contribution in [2.24, 2.45) is 0 Å². The van der Waals surface area contributed by atoms with E-state index < -0.39 is 0 Å². The second kappa shape index (κ2) is 7.95. The van der Waals surface area contributed by atoms with E-state index in [1.165, 1.54) is 32.1 Å². The van der Waals surface area contributed by atoms with E-state index >= 15 is 0 Å². The van der Waals surface area contributed by atoms with Gasteiger partial charge in [0.2, 0.25) is 0 Å². The number of furan rings is 1. The van der Waals surface area contributed by atoms with Crippen molar-refractivity contribution in [3.05, 3.63) is 30.2 Å². The Morgan fingerprint density at radius 2 is 2.05 bits per heavy atom. The third kappa shape index (κ3) is 4.22. The number of nitrogens with one attached hydrogen (secondary N) is 1. The van der Waals surface area contributed by atoms with Gasteiger partial charge in [-0.25, -0.2) is 0 Å². The van der Waals surface area contributed by atoms with Crippen molar-refractivity contribution in [2.45, 2.75) is 56.7 Å². The summed E-state index contributed by atoms with van der Waals surface area (Å²) in [6, 6.07) is 4.87. The molecule has 0 amide bonds. The molecule has 2 unspecified atom stereocenters. The molecule has 1 saturated carbocycles. The molecule has 0 aromatic carbocycles. The van der Waals surface area contributed by atoms with Gasteiger partial charge in [-0.2, -0.15) is 0 Å². The summed E-state index contributed by atoms with van der Waals surface area (Å²) < 4.78 is 5.27. The lowest BCUT2D eigenvalue weighted by molar-refractivity contribution is 0.00741. The minimum absolute atomic E-state index is 0.102. The first-order valence-electron chi connectivity index (χ1n) is 8.68. The standard InChI is InChI=1S/C18H28N2O2/c21-18-8-2-1-7-17(18)20-12-9-15(10-13-20)19-11-3-5-16-6-4-14-22-16/h3-6,14-15,17-19,21H,1-2,7-13H2/b5-3+. The average Bonchev–Trinajstić information content (AvgIpc) is 3.06. The Balaban J connectivity index is 1.36. The van der Waals surface area contributed by atoms with E-state index in [2.05, 4.69) is 16.3 Å². The fraction of sp³-hybridized carbons (Fsp3) is 0.667. The zero-order chi connectivity index (χ0) is 15.2. The van der Waals surface area contributed by atoms with E-state index in [9.17, 15) is 5.11 Å². The summed E-state index contributed by atoms with van der Waals surface area (Å²) >= 11 is 0. The lowest BCUT2D eigenvalue weighted by Gasteiger charge is -2.41. The largest absolute Gasteiger partial charge is 0.465 e.